The summed E-state index contributed by atoms with van der Waals surface area (Å²) in [6, 6.07) is 8.69. The molecule has 0 radical (unpaired) electrons. The van der Waals surface area contributed by atoms with Gasteiger partial charge >= 0.3 is 0 Å². The van der Waals surface area contributed by atoms with Crippen LogP contribution >= 0.6 is 0 Å². The summed E-state index contributed by atoms with van der Waals surface area (Å²) in [5.74, 6) is -1.19. The Morgan fingerprint density at radius 3 is 2.59 bits per heavy atom. The number of benzene rings is 2. The zero-order chi connectivity index (χ0) is 15.7. The van der Waals surface area contributed by atoms with Crippen molar-refractivity contribution in [1.29, 1.82) is 0 Å². The third-order valence-electron chi connectivity index (χ3n) is 3.37. The van der Waals surface area contributed by atoms with Crippen LogP contribution in [-0.4, -0.2) is 12.5 Å². The second kappa shape index (κ2) is 5.60. The van der Waals surface area contributed by atoms with Gasteiger partial charge in [-0.3, -0.25) is 4.79 Å². The number of fused-ring (bicyclic) bond motifs is 1. The first-order chi connectivity index (χ1) is 10.6. The van der Waals surface area contributed by atoms with E-state index >= 15 is 0 Å². The lowest BCUT2D eigenvalue weighted by atomic mass is 10.0. The molecule has 0 spiro atoms. The lowest BCUT2D eigenvalue weighted by molar-refractivity contribution is -0.110. The van der Waals surface area contributed by atoms with Gasteiger partial charge in [0.2, 0.25) is 0 Å². The standard InChI is InChI=1S/C17H13F2NO2/c1-2-22-10-6-7-11-12(17(21)20-16(11)8-10)9-13-14(18)4-3-5-15(13)19/h3-9H,2H2,1H3,(H,20,21)/b12-9+. The average Bonchev–Trinajstić information content (AvgIpc) is 2.78. The maximum atomic E-state index is 13.7. The number of amides is 1. The Bertz CT molecular complexity index is 764. The number of ether oxygens (including phenoxy) is 1. The third kappa shape index (κ3) is 2.45. The van der Waals surface area contributed by atoms with Gasteiger partial charge in [0.05, 0.1) is 12.3 Å². The molecule has 0 fully saturated rings. The lowest BCUT2D eigenvalue weighted by Crippen LogP contribution is -2.04. The summed E-state index contributed by atoms with van der Waals surface area (Å²) in [5.41, 5.74) is 1.16. The van der Waals surface area contributed by atoms with Gasteiger partial charge < -0.3 is 10.1 Å². The molecule has 0 bridgehead atoms. The van der Waals surface area contributed by atoms with Crippen LogP contribution in [-0.2, 0) is 4.79 Å². The Balaban J connectivity index is 2.07. The molecule has 1 heterocycles. The predicted octanol–water partition coefficient (Wildman–Crippen LogP) is 3.86. The number of halogens is 2. The molecule has 0 saturated heterocycles. The summed E-state index contributed by atoms with van der Waals surface area (Å²) in [7, 11) is 0. The van der Waals surface area contributed by atoms with Crippen LogP contribution in [0.15, 0.2) is 36.4 Å². The molecule has 0 unspecified atom stereocenters. The molecule has 22 heavy (non-hydrogen) atoms. The van der Waals surface area contributed by atoms with Crippen LogP contribution in [0, 0.1) is 11.6 Å². The van der Waals surface area contributed by atoms with Crippen LogP contribution < -0.4 is 10.1 Å². The Hall–Kier alpha value is -2.69. The number of anilines is 1. The smallest absolute Gasteiger partial charge is 0.256 e. The largest absolute Gasteiger partial charge is 0.494 e. The molecule has 2 aromatic carbocycles. The SMILES string of the molecule is CCOc1ccc2c(c1)NC(=O)/C2=C/c1c(F)cccc1F. The average molecular weight is 301 g/mol. The summed E-state index contributed by atoms with van der Waals surface area (Å²) in [5, 5.41) is 2.67. The van der Waals surface area contributed by atoms with Gasteiger partial charge in [-0.25, -0.2) is 8.78 Å². The molecule has 0 saturated carbocycles. The molecule has 0 aromatic heterocycles. The maximum absolute atomic E-state index is 13.7. The maximum Gasteiger partial charge on any atom is 0.256 e. The molecule has 3 rings (SSSR count). The first-order valence-corrected chi connectivity index (χ1v) is 6.84. The second-order valence-electron chi connectivity index (χ2n) is 4.79. The van der Waals surface area contributed by atoms with Gasteiger partial charge in [-0.1, -0.05) is 6.07 Å². The van der Waals surface area contributed by atoms with E-state index in [1.165, 1.54) is 12.1 Å². The Morgan fingerprint density at radius 1 is 1.18 bits per heavy atom. The monoisotopic (exact) mass is 301 g/mol. The highest BCUT2D eigenvalue weighted by Crippen LogP contribution is 2.36. The van der Waals surface area contributed by atoms with E-state index in [0.29, 0.717) is 23.6 Å². The van der Waals surface area contributed by atoms with Crippen molar-refractivity contribution in [3.8, 4) is 5.75 Å². The van der Waals surface area contributed by atoms with Gasteiger partial charge in [0.15, 0.2) is 0 Å². The van der Waals surface area contributed by atoms with Crippen molar-refractivity contribution in [3.05, 3.63) is 59.2 Å². The number of rotatable bonds is 3. The molecule has 2 aromatic rings. The van der Waals surface area contributed by atoms with Crippen LogP contribution in [0.25, 0.3) is 11.6 Å². The van der Waals surface area contributed by atoms with Crippen molar-refractivity contribution in [2.24, 2.45) is 0 Å². The summed E-state index contributed by atoms with van der Waals surface area (Å²) < 4.78 is 32.8. The van der Waals surface area contributed by atoms with Crippen LogP contribution in [0.3, 0.4) is 0 Å². The molecule has 5 heteroatoms. The van der Waals surface area contributed by atoms with Gasteiger partial charge in [-0.2, -0.15) is 0 Å². The zero-order valence-corrected chi connectivity index (χ0v) is 11.8. The molecule has 1 N–H and O–H groups in total. The zero-order valence-electron chi connectivity index (χ0n) is 11.8. The summed E-state index contributed by atoms with van der Waals surface area (Å²) in [6.45, 7) is 2.37. The number of nitrogens with one attached hydrogen (secondary N) is 1. The quantitative estimate of drug-likeness (QED) is 0.874. The fourth-order valence-electron chi connectivity index (χ4n) is 2.37. The number of carbonyl (C=O) groups is 1. The number of carbonyl (C=O) groups excluding carboxylic acids is 1. The van der Waals surface area contributed by atoms with E-state index in [9.17, 15) is 13.6 Å². The van der Waals surface area contributed by atoms with Crippen molar-refractivity contribution < 1.29 is 18.3 Å². The van der Waals surface area contributed by atoms with Crippen LogP contribution in [0.1, 0.15) is 18.1 Å². The minimum absolute atomic E-state index is 0.224. The first kappa shape index (κ1) is 14.3. The molecule has 1 amide bonds. The highest BCUT2D eigenvalue weighted by atomic mass is 19.1. The Labute approximate surface area is 126 Å². The fourth-order valence-corrected chi connectivity index (χ4v) is 2.37. The molecule has 0 atom stereocenters. The molecule has 1 aliphatic rings. The third-order valence-corrected chi connectivity index (χ3v) is 3.37. The molecule has 0 aliphatic carbocycles. The van der Waals surface area contributed by atoms with Gasteiger partial charge in [0.1, 0.15) is 17.4 Å². The van der Waals surface area contributed by atoms with Crippen LogP contribution in [0.2, 0.25) is 0 Å². The summed E-state index contributed by atoms with van der Waals surface area (Å²) in [6.07, 6.45) is 1.23. The van der Waals surface area contributed by atoms with Crippen LogP contribution in [0.4, 0.5) is 14.5 Å². The van der Waals surface area contributed by atoms with Crippen molar-refractivity contribution in [3.63, 3.8) is 0 Å². The van der Waals surface area contributed by atoms with E-state index in [-0.39, 0.29) is 11.1 Å². The van der Waals surface area contributed by atoms with Crippen molar-refractivity contribution >= 4 is 23.2 Å². The first-order valence-electron chi connectivity index (χ1n) is 6.84. The van der Waals surface area contributed by atoms with Crippen LogP contribution in [0.5, 0.6) is 5.75 Å². The van der Waals surface area contributed by atoms with Gasteiger partial charge in [-0.05, 0) is 37.3 Å². The normalized spacial score (nSPS) is 14.9. The summed E-state index contributed by atoms with van der Waals surface area (Å²) >= 11 is 0. The predicted molar refractivity (Wildman–Crippen MR) is 80.5 cm³/mol. The molecule has 112 valence electrons. The molecular formula is C17H13F2NO2. The highest BCUT2D eigenvalue weighted by molar-refractivity contribution is 6.35. The van der Waals surface area contributed by atoms with Crippen molar-refractivity contribution in [1.82, 2.24) is 0 Å². The van der Waals surface area contributed by atoms with E-state index in [4.69, 9.17) is 4.74 Å². The van der Waals surface area contributed by atoms with E-state index in [2.05, 4.69) is 5.32 Å². The molecule has 1 aliphatic heterocycles. The van der Waals surface area contributed by atoms with E-state index in [0.717, 1.165) is 12.1 Å². The van der Waals surface area contributed by atoms with E-state index < -0.39 is 17.5 Å². The topological polar surface area (TPSA) is 38.3 Å². The summed E-state index contributed by atoms with van der Waals surface area (Å²) in [4.78, 5) is 12.1. The molecular weight excluding hydrogens is 288 g/mol. The van der Waals surface area contributed by atoms with Gasteiger partial charge in [0, 0.05) is 22.8 Å². The van der Waals surface area contributed by atoms with E-state index in [1.54, 1.807) is 18.2 Å². The molecule has 3 nitrogen and oxygen atoms in total. The highest BCUT2D eigenvalue weighted by Gasteiger charge is 2.25. The fraction of sp³-hybridized carbons (Fsp3) is 0.118. The number of hydrogen-bond donors (Lipinski definition) is 1. The minimum atomic E-state index is -0.709. The van der Waals surface area contributed by atoms with Gasteiger partial charge in [-0.15, -0.1) is 0 Å². The second-order valence-corrected chi connectivity index (χ2v) is 4.79. The number of hydrogen-bond acceptors (Lipinski definition) is 2. The lowest BCUT2D eigenvalue weighted by Gasteiger charge is -2.05. The minimum Gasteiger partial charge on any atom is -0.494 e. The Morgan fingerprint density at radius 2 is 1.91 bits per heavy atom. The Kier molecular flexibility index (Phi) is 3.63. The van der Waals surface area contributed by atoms with Crippen molar-refractivity contribution in [2.75, 3.05) is 11.9 Å². The van der Waals surface area contributed by atoms with E-state index in [1.807, 2.05) is 6.92 Å². The van der Waals surface area contributed by atoms with Gasteiger partial charge in [0.25, 0.3) is 5.91 Å². The van der Waals surface area contributed by atoms with Crippen molar-refractivity contribution in [2.45, 2.75) is 6.92 Å².